The molecule has 2 aromatic rings. The predicted molar refractivity (Wildman–Crippen MR) is 73.5 cm³/mol. The summed E-state index contributed by atoms with van der Waals surface area (Å²) in [7, 11) is 0. The number of nitrogens with two attached hydrogens (primary N) is 1. The quantitative estimate of drug-likeness (QED) is 0.896. The molecule has 3 heteroatoms. The summed E-state index contributed by atoms with van der Waals surface area (Å²) in [5, 5.41) is 0. The Hall–Kier alpha value is -1.87. The number of nitrogens with zero attached hydrogens (tertiary/aromatic N) is 1. The van der Waals surface area contributed by atoms with E-state index in [1.807, 2.05) is 38.1 Å². The fourth-order valence-electron chi connectivity index (χ4n) is 2.06. The number of hydrogen-bond donors (Lipinski definition) is 1. The first kappa shape index (κ1) is 12.6. The maximum Gasteiger partial charge on any atom is 0.250 e. The van der Waals surface area contributed by atoms with Crippen LogP contribution in [0.15, 0.2) is 47.3 Å². The molecule has 1 unspecified atom stereocenters. The first-order chi connectivity index (χ1) is 8.58. The van der Waals surface area contributed by atoms with Gasteiger partial charge in [0.2, 0.25) is 0 Å². The Kier molecular flexibility index (Phi) is 3.63. The number of benzene rings is 1. The van der Waals surface area contributed by atoms with Crippen molar-refractivity contribution in [3.05, 3.63) is 69.6 Å². The Morgan fingerprint density at radius 3 is 2.56 bits per heavy atom. The molecule has 0 amide bonds. The van der Waals surface area contributed by atoms with Gasteiger partial charge in [-0.3, -0.25) is 4.79 Å². The van der Waals surface area contributed by atoms with Crippen LogP contribution in [0.1, 0.15) is 22.9 Å². The Bertz CT molecular complexity index is 601. The fraction of sp³-hybridized carbons (Fsp3) is 0.267. The Morgan fingerprint density at radius 1 is 1.17 bits per heavy atom. The van der Waals surface area contributed by atoms with Crippen LogP contribution in [0, 0.1) is 13.8 Å². The van der Waals surface area contributed by atoms with Crippen molar-refractivity contribution in [2.24, 2.45) is 5.73 Å². The molecular formula is C15H18N2O. The summed E-state index contributed by atoms with van der Waals surface area (Å²) in [4.78, 5) is 11.8. The number of hydrogen-bond acceptors (Lipinski definition) is 2. The van der Waals surface area contributed by atoms with Crippen LogP contribution in [0.5, 0.6) is 0 Å². The third-order valence-corrected chi connectivity index (χ3v) is 3.12. The second kappa shape index (κ2) is 5.19. The van der Waals surface area contributed by atoms with E-state index >= 15 is 0 Å². The van der Waals surface area contributed by atoms with Gasteiger partial charge in [0.05, 0.1) is 0 Å². The minimum Gasteiger partial charge on any atom is -0.322 e. The predicted octanol–water partition coefficient (Wildman–Crippen LogP) is 2.17. The first-order valence-electron chi connectivity index (χ1n) is 6.06. The Balaban J connectivity index is 2.27. The van der Waals surface area contributed by atoms with Crippen LogP contribution in [-0.2, 0) is 6.54 Å². The lowest BCUT2D eigenvalue weighted by atomic mass is 10.1. The van der Waals surface area contributed by atoms with E-state index in [9.17, 15) is 4.79 Å². The van der Waals surface area contributed by atoms with E-state index in [0.717, 1.165) is 11.3 Å². The van der Waals surface area contributed by atoms with Crippen molar-refractivity contribution >= 4 is 0 Å². The lowest BCUT2D eigenvalue weighted by molar-refractivity contribution is 0.550. The molecule has 0 aliphatic carbocycles. The molecule has 0 aliphatic heterocycles. The van der Waals surface area contributed by atoms with Crippen LogP contribution >= 0.6 is 0 Å². The van der Waals surface area contributed by atoms with E-state index in [2.05, 4.69) is 6.07 Å². The minimum atomic E-state index is -0.163. The van der Waals surface area contributed by atoms with Crippen LogP contribution in [0.25, 0.3) is 0 Å². The van der Waals surface area contributed by atoms with Crippen LogP contribution in [0.3, 0.4) is 0 Å². The van der Waals surface area contributed by atoms with E-state index in [1.165, 1.54) is 5.56 Å². The van der Waals surface area contributed by atoms with Gasteiger partial charge in [-0.1, -0.05) is 35.9 Å². The largest absolute Gasteiger partial charge is 0.322 e. The van der Waals surface area contributed by atoms with Gasteiger partial charge < -0.3 is 10.3 Å². The van der Waals surface area contributed by atoms with Gasteiger partial charge >= 0.3 is 0 Å². The van der Waals surface area contributed by atoms with Gasteiger partial charge in [-0.15, -0.1) is 0 Å². The van der Waals surface area contributed by atoms with Gasteiger partial charge in [-0.2, -0.15) is 0 Å². The third-order valence-electron chi connectivity index (χ3n) is 3.12. The average Bonchev–Trinajstić information content (AvgIpc) is 2.34. The molecular weight excluding hydrogens is 224 g/mol. The normalized spacial score (nSPS) is 12.4. The topological polar surface area (TPSA) is 48.0 Å². The first-order valence-corrected chi connectivity index (χ1v) is 6.06. The molecule has 1 atom stereocenters. The molecule has 0 aliphatic rings. The maximum atomic E-state index is 11.8. The van der Waals surface area contributed by atoms with Gasteiger partial charge in [-0.25, -0.2) is 0 Å². The molecule has 1 aromatic heterocycles. The number of rotatable bonds is 3. The summed E-state index contributed by atoms with van der Waals surface area (Å²) in [5.74, 6) is 0. The second-order valence-electron chi connectivity index (χ2n) is 4.64. The van der Waals surface area contributed by atoms with Crippen LogP contribution < -0.4 is 11.3 Å². The Labute approximate surface area is 107 Å². The molecule has 94 valence electrons. The van der Waals surface area contributed by atoms with Gasteiger partial charge in [0.1, 0.15) is 0 Å². The van der Waals surface area contributed by atoms with Gasteiger partial charge in [0.15, 0.2) is 0 Å². The van der Waals surface area contributed by atoms with Crippen molar-refractivity contribution in [3.63, 3.8) is 0 Å². The zero-order valence-corrected chi connectivity index (χ0v) is 10.8. The number of aryl methyl sites for hydroxylation is 2. The number of aromatic nitrogens is 1. The number of pyridine rings is 1. The zero-order chi connectivity index (χ0) is 13.1. The van der Waals surface area contributed by atoms with E-state index in [4.69, 9.17) is 5.73 Å². The van der Waals surface area contributed by atoms with Crippen LogP contribution in [-0.4, -0.2) is 4.57 Å². The lowest BCUT2D eigenvalue weighted by Crippen LogP contribution is -2.27. The lowest BCUT2D eigenvalue weighted by Gasteiger charge is -2.16. The molecule has 0 spiro atoms. The van der Waals surface area contributed by atoms with Gasteiger partial charge in [0.25, 0.3) is 5.56 Å². The van der Waals surface area contributed by atoms with E-state index in [1.54, 1.807) is 16.7 Å². The third kappa shape index (κ3) is 2.68. The monoisotopic (exact) mass is 242 g/mol. The van der Waals surface area contributed by atoms with Crippen LogP contribution in [0.4, 0.5) is 0 Å². The zero-order valence-electron chi connectivity index (χ0n) is 10.8. The molecule has 0 radical (unpaired) electrons. The second-order valence-corrected chi connectivity index (χ2v) is 4.64. The maximum absolute atomic E-state index is 11.8. The molecule has 2 rings (SSSR count). The van der Waals surface area contributed by atoms with Crippen molar-refractivity contribution < 1.29 is 0 Å². The summed E-state index contributed by atoms with van der Waals surface area (Å²) in [6.45, 7) is 4.47. The van der Waals surface area contributed by atoms with Crippen molar-refractivity contribution in [1.29, 1.82) is 0 Å². The van der Waals surface area contributed by atoms with E-state index in [-0.39, 0.29) is 11.6 Å². The highest BCUT2D eigenvalue weighted by Crippen LogP contribution is 2.14. The smallest absolute Gasteiger partial charge is 0.250 e. The van der Waals surface area contributed by atoms with Crippen molar-refractivity contribution in [2.75, 3.05) is 0 Å². The van der Waals surface area contributed by atoms with Crippen molar-refractivity contribution in [1.82, 2.24) is 4.57 Å². The molecule has 1 heterocycles. The van der Waals surface area contributed by atoms with Crippen molar-refractivity contribution in [3.8, 4) is 0 Å². The fourth-order valence-corrected chi connectivity index (χ4v) is 2.06. The molecule has 0 fully saturated rings. The molecule has 1 aromatic carbocycles. The van der Waals surface area contributed by atoms with Gasteiger partial charge in [0, 0.05) is 24.3 Å². The molecule has 2 N–H and O–H groups in total. The highest BCUT2D eigenvalue weighted by atomic mass is 16.1. The summed E-state index contributed by atoms with van der Waals surface area (Å²) < 4.78 is 1.72. The van der Waals surface area contributed by atoms with Crippen LogP contribution in [0.2, 0.25) is 0 Å². The molecule has 0 bridgehead atoms. The van der Waals surface area contributed by atoms with E-state index in [0.29, 0.717) is 6.54 Å². The highest BCUT2D eigenvalue weighted by molar-refractivity contribution is 5.25. The average molecular weight is 242 g/mol. The standard InChI is InChI=1S/C15H18N2O/c1-11-5-3-7-13(9-11)14(16)10-17-12(2)6-4-8-15(17)18/h3-9,14H,10,16H2,1-2H3. The molecule has 18 heavy (non-hydrogen) atoms. The summed E-state index contributed by atoms with van der Waals surface area (Å²) in [6, 6.07) is 13.2. The Morgan fingerprint density at radius 2 is 1.89 bits per heavy atom. The summed E-state index contributed by atoms with van der Waals surface area (Å²) >= 11 is 0. The highest BCUT2D eigenvalue weighted by Gasteiger charge is 2.09. The summed E-state index contributed by atoms with van der Waals surface area (Å²) in [6.07, 6.45) is 0. The molecule has 0 saturated carbocycles. The minimum absolute atomic E-state index is 0.00176. The molecule has 0 saturated heterocycles. The SMILES string of the molecule is Cc1cccc(C(N)Cn2c(C)cccc2=O)c1. The van der Waals surface area contributed by atoms with E-state index < -0.39 is 0 Å². The van der Waals surface area contributed by atoms with Gasteiger partial charge in [-0.05, 0) is 25.5 Å². The molecule has 3 nitrogen and oxygen atoms in total. The van der Waals surface area contributed by atoms with Crippen molar-refractivity contribution in [2.45, 2.75) is 26.4 Å². The summed E-state index contributed by atoms with van der Waals surface area (Å²) in [5.41, 5.74) is 9.35.